The summed E-state index contributed by atoms with van der Waals surface area (Å²) in [7, 11) is 0. The molecule has 0 spiro atoms. The topological polar surface area (TPSA) is 177 Å². The van der Waals surface area contributed by atoms with Crippen molar-refractivity contribution < 1.29 is 19.7 Å². The minimum Gasteiger partial charge on any atom is -0.481 e. The van der Waals surface area contributed by atoms with Crippen LogP contribution < -0.4 is 26.9 Å². The molecule has 0 aliphatic rings. The van der Waals surface area contributed by atoms with Gasteiger partial charge in [-0.2, -0.15) is 0 Å². The minimum absolute atomic E-state index is 0.000142. The van der Waals surface area contributed by atoms with Crippen molar-refractivity contribution in [2.75, 3.05) is 11.1 Å². The van der Waals surface area contributed by atoms with Gasteiger partial charge in [0, 0.05) is 23.7 Å². The van der Waals surface area contributed by atoms with Crippen LogP contribution in [0.3, 0.4) is 0 Å². The van der Waals surface area contributed by atoms with Gasteiger partial charge < -0.3 is 21.5 Å². The second-order valence-corrected chi connectivity index (χ2v) is 6.78. The van der Waals surface area contributed by atoms with E-state index in [2.05, 4.69) is 30.6 Å². The lowest BCUT2D eigenvalue weighted by Crippen LogP contribution is -2.32. The molecule has 156 valence electrons. The van der Waals surface area contributed by atoms with Crippen LogP contribution in [0.5, 0.6) is 0 Å². The molecule has 0 saturated carbocycles. The van der Waals surface area contributed by atoms with Gasteiger partial charge in [0.15, 0.2) is 0 Å². The number of nitrogens with one attached hydrogen (secondary N) is 4. The lowest BCUT2D eigenvalue weighted by atomic mass is 10.1. The van der Waals surface area contributed by atoms with Crippen molar-refractivity contribution in [2.24, 2.45) is 0 Å². The van der Waals surface area contributed by atoms with Crippen LogP contribution in [0, 0.1) is 0 Å². The molecule has 0 bridgehead atoms. The second kappa shape index (κ2) is 8.99. The summed E-state index contributed by atoms with van der Waals surface area (Å²) in [4.78, 5) is 48.3. The van der Waals surface area contributed by atoms with Gasteiger partial charge in [0.05, 0.1) is 12.2 Å². The number of fused-ring (bicyclic) bond motifs is 1. The maximum absolute atomic E-state index is 12.2. The summed E-state index contributed by atoms with van der Waals surface area (Å²) >= 11 is 0. The van der Waals surface area contributed by atoms with Gasteiger partial charge in [0.25, 0.3) is 11.5 Å². The maximum Gasteiger partial charge on any atom is 0.356 e. The number of hydrogen-bond donors (Lipinski definition) is 5. The number of aromatic amines is 2. The molecule has 0 saturated heterocycles. The van der Waals surface area contributed by atoms with Crippen molar-refractivity contribution in [3.63, 3.8) is 0 Å². The summed E-state index contributed by atoms with van der Waals surface area (Å²) in [6.45, 7) is 2.10. The summed E-state index contributed by atoms with van der Waals surface area (Å²) in [6.07, 6.45) is 1.99. The van der Waals surface area contributed by atoms with Crippen molar-refractivity contribution in [3.05, 3.63) is 52.1 Å². The standard InChI is InChI=1S/C19H21N7O4/c1-10(2-7-14(27)28)23-17(29)11-3-5-12(6-4-11)21-8-13-9-22-16-15(24-13)18(30)26-19(20)25-16/h3-6,9-10,21H,2,7-8H2,1H3,(H,23,29)(H,27,28)(H3,20,22,25,26,30)/p+1. The molecular weight excluding hydrogens is 390 g/mol. The molecule has 0 aliphatic carbocycles. The minimum atomic E-state index is -0.893. The number of carboxylic acids is 1. The zero-order chi connectivity index (χ0) is 21.7. The van der Waals surface area contributed by atoms with E-state index in [0.29, 0.717) is 29.9 Å². The van der Waals surface area contributed by atoms with Gasteiger partial charge in [0.1, 0.15) is 6.20 Å². The first-order chi connectivity index (χ1) is 14.3. The Bertz CT molecular complexity index is 1130. The molecule has 0 fully saturated rings. The van der Waals surface area contributed by atoms with Gasteiger partial charge in [-0.3, -0.25) is 19.4 Å². The van der Waals surface area contributed by atoms with E-state index >= 15 is 0 Å². The van der Waals surface area contributed by atoms with Crippen molar-refractivity contribution >= 4 is 34.7 Å². The smallest absolute Gasteiger partial charge is 0.356 e. The Morgan fingerprint density at radius 2 is 2.00 bits per heavy atom. The first-order valence-electron chi connectivity index (χ1n) is 9.25. The van der Waals surface area contributed by atoms with Crippen LogP contribution in [0.4, 0.5) is 11.6 Å². The van der Waals surface area contributed by atoms with Crippen molar-refractivity contribution in [2.45, 2.75) is 32.4 Å². The summed E-state index contributed by atoms with van der Waals surface area (Å²) in [5.41, 5.74) is 7.36. The van der Waals surface area contributed by atoms with E-state index in [1.165, 1.54) is 0 Å². The number of nitrogen functional groups attached to an aromatic ring is 1. The Morgan fingerprint density at radius 1 is 1.27 bits per heavy atom. The van der Waals surface area contributed by atoms with Crippen LogP contribution in [0.25, 0.3) is 11.2 Å². The highest BCUT2D eigenvalue weighted by Gasteiger charge is 2.14. The van der Waals surface area contributed by atoms with Crippen LogP contribution >= 0.6 is 0 Å². The number of nitrogens with two attached hydrogens (primary N) is 1. The van der Waals surface area contributed by atoms with E-state index in [4.69, 9.17) is 10.8 Å². The van der Waals surface area contributed by atoms with Crippen molar-refractivity contribution in [1.29, 1.82) is 0 Å². The quantitative estimate of drug-likeness (QED) is 0.351. The number of carboxylic acid groups (broad SMARTS) is 1. The summed E-state index contributed by atoms with van der Waals surface area (Å²) in [5, 5.41) is 14.6. The van der Waals surface area contributed by atoms with Gasteiger partial charge in [-0.05, 0) is 42.6 Å². The normalized spacial score (nSPS) is 11.8. The van der Waals surface area contributed by atoms with Crippen molar-refractivity contribution in [1.82, 2.24) is 20.3 Å². The Hall–Kier alpha value is -4.02. The van der Waals surface area contributed by atoms with E-state index in [1.807, 2.05) is 0 Å². The van der Waals surface area contributed by atoms with Crippen LogP contribution in [-0.4, -0.2) is 38.0 Å². The third-order valence-corrected chi connectivity index (χ3v) is 4.33. The van der Waals surface area contributed by atoms with Crippen LogP contribution in [0.1, 0.15) is 35.8 Å². The summed E-state index contributed by atoms with van der Waals surface area (Å²) < 4.78 is 0. The van der Waals surface area contributed by atoms with E-state index in [9.17, 15) is 14.4 Å². The lowest BCUT2D eigenvalue weighted by Gasteiger charge is -2.13. The summed E-state index contributed by atoms with van der Waals surface area (Å²) in [5.74, 6) is -1.15. The molecule has 7 N–H and O–H groups in total. The average molecular weight is 412 g/mol. The van der Waals surface area contributed by atoms with E-state index in [-0.39, 0.29) is 29.8 Å². The Kier molecular flexibility index (Phi) is 6.20. The highest BCUT2D eigenvalue weighted by molar-refractivity contribution is 5.94. The zero-order valence-electron chi connectivity index (χ0n) is 16.2. The van der Waals surface area contributed by atoms with E-state index < -0.39 is 11.5 Å². The number of aliphatic carboxylic acids is 1. The molecule has 11 nitrogen and oxygen atoms in total. The second-order valence-electron chi connectivity index (χ2n) is 6.78. The number of hydrogen-bond acceptors (Lipinski definition) is 7. The number of amides is 1. The predicted molar refractivity (Wildman–Crippen MR) is 109 cm³/mol. The van der Waals surface area contributed by atoms with Crippen LogP contribution in [0.15, 0.2) is 35.3 Å². The number of anilines is 2. The average Bonchev–Trinajstić information content (AvgIpc) is 2.71. The monoisotopic (exact) mass is 412 g/mol. The fourth-order valence-corrected chi connectivity index (χ4v) is 2.76. The Morgan fingerprint density at radius 3 is 2.70 bits per heavy atom. The van der Waals surface area contributed by atoms with Gasteiger partial charge in [-0.15, -0.1) is 0 Å². The van der Waals surface area contributed by atoms with Crippen LogP contribution in [-0.2, 0) is 11.3 Å². The molecule has 30 heavy (non-hydrogen) atoms. The molecule has 2 aromatic heterocycles. The molecule has 11 heteroatoms. The van der Waals surface area contributed by atoms with E-state index in [0.717, 1.165) is 5.69 Å². The fourth-order valence-electron chi connectivity index (χ4n) is 2.76. The van der Waals surface area contributed by atoms with Crippen molar-refractivity contribution in [3.8, 4) is 0 Å². The van der Waals surface area contributed by atoms with Gasteiger partial charge >= 0.3 is 17.6 Å². The maximum atomic E-state index is 12.2. The summed E-state index contributed by atoms with van der Waals surface area (Å²) in [6, 6.07) is 6.58. The van der Waals surface area contributed by atoms with Gasteiger partial charge in [0.2, 0.25) is 5.52 Å². The third kappa shape index (κ3) is 5.28. The number of carbonyl (C=O) groups excluding carboxylic acids is 1. The number of nitrogens with zero attached hydrogens (tertiary/aromatic N) is 2. The molecule has 3 rings (SSSR count). The number of benzene rings is 1. The molecule has 0 radical (unpaired) electrons. The molecule has 0 aliphatic heterocycles. The molecule has 1 aromatic carbocycles. The fraction of sp³-hybridized carbons (Fsp3) is 0.263. The van der Waals surface area contributed by atoms with Gasteiger partial charge in [-0.1, -0.05) is 0 Å². The number of rotatable bonds is 8. The molecule has 2 heterocycles. The first kappa shape index (κ1) is 20.7. The van der Waals surface area contributed by atoms with Crippen LogP contribution in [0.2, 0.25) is 0 Å². The zero-order valence-corrected chi connectivity index (χ0v) is 16.2. The molecular formula is C19H22N7O4+. The van der Waals surface area contributed by atoms with Gasteiger partial charge in [-0.25, -0.2) is 9.97 Å². The number of H-pyrrole nitrogens is 2. The highest BCUT2D eigenvalue weighted by Crippen LogP contribution is 2.11. The Labute approximate surface area is 170 Å². The molecule has 1 amide bonds. The lowest BCUT2D eigenvalue weighted by molar-refractivity contribution is -0.349. The number of aromatic nitrogens is 4. The third-order valence-electron chi connectivity index (χ3n) is 4.33. The van der Waals surface area contributed by atoms with E-state index in [1.54, 1.807) is 37.4 Å². The first-order valence-corrected chi connectivity index (χ1v) is 9.25. The predicted octanol–water partition coefficient (Wildman–Crippen LogP) is 0.310. The molecule has 1 atom stereocenters. The largest absolute Gasteiger partial charge is 0.481 e. The Balaban J connectivity index is 1.59. The highest BCUT2D eigenvalue weighted by atomic mass is 16.4. The SMILES string of the molecule is CC(CCC(=O)O)NC(=O)c1ccc(NCc2c[nH+]c3nc(N)[nH]c(=O)c3n2)cc1. The molecule has 3 aromatic rings. The molecule has 1 unspecified atom stereocenters. The number of carbonyl (C=O) groups is 2.